The summed E-state index contributed by atoms with van der Waals surface area (Å²) in [6.07, 6.45) is 2.04. The van der Waals surface area contributed by atoms with Crippen LogP contribution in [-0.2, 0) is 9.59 Å². The molecule has 0 bridgehead atoms. The van der Waals surface area contributed by atoms with Crippen LogP contribution >= 0.6 is 11.8 Å². The number of fused-ring (bicyclic) bond motifs is 1. The van der Waals surface area contributed by atoms with E-state index in [-0.39, 0.29) is 11.6 Å². The van der Waals surface area contributed by atoms with Gasteiger partial charge in [0, 0.05) is 27.9 Å². The summed E-state index contributed by atoms with van der Waals surface area (Å²) in [5.41, 5.74) is 1.97. The van der Waals surface area contributed by atoms with Crippen molar-refractivity contribution in [3.63, 3.8) is 0 Å². The number of halogens is 1. The topological polar surface area (TPSA) is 106 Å². The zero-order valence-corrected chi connectivity index (χ0v) is 24.7. The number of hydrogen-bond acceptors (Lipinski definition) is 6. The molecule has 0 aliphatic carbocycles. The normalized spacial score (nSPS) is 13.0. The fourth-order valence-electron chi connectivity index (χ4n) is 4.34. The van der Waals surface area contributed by atoms with Crippen LogP contribution in [0.1, 0.15) is 29.3 Å². The molecule has 0 saturated carbocycles. The number of hydrogen-bond donors (Lipinski definition) is 3. The highest BCUT2D eigenvalue weighted by Gasteiger charge is 2.21. The van der Waals surface area contributed by atoms with Crippen molar-refractivity contribution in [2.24, 2.45) is 0 Å². The van der Waals surface area contributed by atoms with Crippen LogP contribution in [0, 0.1) is 5.82 Å². The van der Waals surface area contributed by atoms with E-state index >= 15 is 0 Å². The second kappa shape index (κ2) is 14.4. The molecule has 8 nitrogen and oxygen atoms in total. The Balaban J connectivity index is 1.28. The zero-order chi connectivity index (χ0) is 30.9. The number of thioether (sulfide) groups is 1. The van der Waals surface area contributed by atoms with Crippen LogP contribution < -0.4 is 25.4 Å². The molecule has 44 heavy (non-hydrogen) atoms. The molecular formula is C34H30FN3O5S. The van der Waals surface area contributed by atoms with Gasteiger partial charge in [-0.25, -0.2) is 4.39 Å². The van der Waals surface area contributed by atoms with Gasteiger partial charge in [-0.15, -0.1) is 11.8 Å². The molecule has 1 unspecified atom stereocenters. The molecule has 0 aromatic heterocycles. The zero-order valence-electron chi connectivity index (χ0n) is 23.8. The van der Waals surface area contributed by atoms with Crippen molar-refractivity contribution in [3.05, 3.63) is 120 Å². The largest absolute Gasteiger partial charge is 0.486 e. The Morgan fingerprint density at radius 3 is 2.32 bits per heavy atom. The highest BCUT2D eigenvalue weighted by atomic mass is 32.2. The van der Waals surface area contributed by atoms with Crippen molar-refractivity contribution in [1.82, 2.24) is 5.32 Å². The highest BCUT2D eigenvalue weighted by Crippen LogP contribution is 2.34. The minimum atomic E-state index is -0.566. The lowest BCUT2D eigenvalue weighted by molar-refractivity contribution is -0.116. The monoisotopic (exact) mass is 611 g/mol. The molecular weight excluding hydrogens is 581 g/mol. The molecule has 3 N–H and O–H groups in total. The van der Waals surface area contributed by atoms with Crippen molar-refractivity contribution in [1.29, 1.82) is 0 Å². The molecule has 1 atom stereocenters. The van der Waals surface area contributed by atoms with E-state index < -0.39 is 22.9 Å². The van der Waals surface area contributed by atoms with Crippen LogP contribution in [0.25, 0.3) is 6.08 Å². The summed E-state index contributed by atoms with van der Waals surface area (Å²) in [6, 6.07) is 26.5. The summed E-state index contributed by atoms with van der Waals surface area (Å²) in [4.78, 5) is 40.2. The molecule has 3 amide bonds. The lowest BCUT2D eigenvalue weighted by Crippen LogP contribution is -2.30. The Labute approximate surface area is 258 Å². The number of carbonyl (C=O) groups excluding carboxylic acids is 3. The molecule has 1 heterocycles. The van der Waals surface area contributed by atoms with E-state index in [1.54, 1.807) is 66.7 Å². The molecule has 4 aromatic carbocycles. The van der Waals surface area contributed by atoms with E-state index in [4.69, 9.17) is 9.47 Å². The molecule has 0 saturated heterocycles. The van der Waals surface area contributed by atoms with E-state index in [2.05, 4.69) is 16.0 Å². The number of benzene rings is 4. The van der Waals surface area contributed by atoms with Crippen molar-refractivity contribution < 1.29 is 28.2 Å². The average molecular weight is 612 g/mol. The molecule has 1 aliphatic rings. The minimum absolute atomic E-state index is 0.0197. The Kier molecular flexibility index (Phi) is 9.93. The van der Waals surface area contributed by atoms with E-state index in [0.717, 1.165) is 4.90 Å². The number of anilines is 2. The van der Waals surface area contributed by atoms with Crippen LogP contribution in [0.4, 0.5) is 15.8 Å². The SMILES string of the molecule is CCC(Sc1cccc(NC(=O)/C(=C/c2ccc(F)cc2)NC(=O)c2ccccc2)c1)C(=O)Nc1ccc2c(c1)OCCO2. The Morgan fingerprint density at radius 1 is 0.841 bits per heavy atom. The molecule has 4 aromatic rings. The third-order valence-corrected chi connectivity index (χ3v) is 7.91. The van der Waals surface area contributed by atoms with Gasteiger partial charge < -0.3 is 25.4 Å². The standard InChI is InChI=1S/C34H30FN3O5S/c1-2-31(34(41)37-26-15-16-29-30(21-26)43-18-17-42-29)44-27-10-6-9-25(20-27)36-33(40)28(19-22-11-13-24(35)14-12-22)38-32(39)23-7-4-3-5-8-23/h3-16,19-21,31H,2,17-18H2,1H3,(H,36,40)(H,37,41)(H,38,39)/b28-19-. The first-order valence-corrected chi connectivity index (χ1v) is 14.9. The van der Waals surface area contributed by atoms with Gasteiger partial charge in [0.05, 0.1) is 5.25 Å². The van der Waals surface area contributed by atoms with Gasteiger partial charge >= 0.3 is 0 Å². The Bertz CT molecular complexity index is 1680. The van der Waals surface area contributed by atoms with Gasteiger partial charge in [0.15, 0.2) is 11.5 Å². The van der Waals surface area contributed by atoms with Crippen LogP contribution in [0.15, 0.2) is 108 Å². The number of carbonyl (C=O) groups is 3. The Morgan fingerprint density at radius 2 is 1.57 bits per heavy atom. The first-order chi connectivity index (χ1) is 21.4. The van der Waals surface area contributed by atoms with E-state index in [0.29, 0.717) is 53.6 Å². The predicted molar refractivity (Wildman–Crippen MR) is 169 cm³/mol. The molecule has 0 spiro atoms. The summed E-state index contributed by atoms with van der Waals surface area (Å²) in [6.45, 7) is 2.86. The molecule has 5 rings (SSSR count). The predicted octanol–water partition coefficient (Wildman–Crippen LogP) is 6.52. The fraction of sp³-hybridized carbons (Fsp3) is 0.147. The molecule has 0 fully saturated rings. The van der Waals surface area contributed by atoms with E-state index in [1.807, 2.05) is 13.0 Å². The van der Waals surface area contributed by atoms with Gasteiger partial charge in [-0.1, -0.05) is 43.3 Å². The average Bonchev–Trinajstić information content (AvgIpc) is 3.04. The molecule has 224 valence electrons. The van der Waals surface area contributed by atoms with Gasteiger partial charge in [0.1, 0.15) is 24.7 Å². The van der Waals surface area contributed by atoms with Gasteiger partial charge in [0.25, 0.3) is 11.8 Å². The van der Waals surface area contributed by atoms with Crippen LogP contribution in [0.2, 0.25) is 0 Å². The maximum Gasteiger partial charge on any atom is 0.272 e. The first kappa shape index (κ1) is 30.4. The third kappa shape index (κ3) is 8.05. The lowest BCUT2D eigenvalue weighted by atomic mass is 10.1. The quantitative estimate of drug-likeness (QED) is 0.139. The first-order valence-electron chi connectivity index (χ1n) is 14.0. The smallest absolute Gasteiger partial charge is 0.272 e. The summed E-state index contributed by atoms with van der Waals surface area (Å²) >= 11 is 1.37. The van der Waals surface area contributed by atoms with Gasteiger partial charge in [-0.05, 0) is 72.7 Å². The summed E-state index contributed by atoms with van der Waals surface area (Å²) in [5, 5.41) is 8.03. The number of nitrogens with one attached hydrogen (secondary N) is 3. The molecule has 0 radical (unpaired) electrons. The van der Waals surface area contributed by atoms with Gasteiger partial charge in [0.2, 0.25) is 5.91 Å². The third-order valence-electron chi connectivity index (χ3n) is 6.55. The van der Waals surface area contributed by atoms with Gasteiger partial charge in [-0.3, -0.25) is 14.4 Å². The van der Waals surface area contributed by atoms with E-state index in [1.165, 1.54) is 42.1 Å². The van der Waals surface area contributed by atoms with Crippen LogP contribution in [0.3, 0.4) is 0 Å². The Hall–Kier alpha value is -5.09. The van der Waals surface area contributed by atoms with Crippen molar-refractivity contribution in [2.75, 3.05) is 23.8 Å². The fourth-order valence-corrected chi connectivity index (χ4v) is 5.36. The lowest BCUT2D eigenvalue weighted by Gasteiger charge is -2.20. The second-order valence-corrected chi connectivity index (χ2v) is 11.1. The highest BCUT2D eigenvalue weighted by molar-refractivity contribution is 8.00. The van der Waals surface area contributed by atoms with Crippen molar-refractivity contribution >= 4 is 46.9 Å². The number of rotatable bonds is 10. The van der Waals surface area contributed by atoms with Crippen LogP contribution in [0.5, 0.6) is 11.5 Å². The van der Waals surface area contributed by atoms with Crippen molar-refractivity contribution in [3.8, 4) is 11.5 Å². The van der Waals surface area contributed by atoms with Crippen molar-refractivity contribution in [2.45, 2.75) is 23.5 Å². The summed E-state index contributed by atoms with van der Waals surface area (Å²) < 4.78 is 24.6. The summed E-state index contributed by atoms with van der Waals surface area (Å²) in [5.74, 6) is -0.383. The number of ether oxygens (including phenoxy) is 2. The second-order valence-electron chi connectivity index (χ2n) is 9.77. The maximum atomic E-state index is 13.5. The summed E-state index contributed by atoms with van der Waals surface area (Å²) in [7, 11) is 0. The molecule has 10 heteroatoms. The van der Waals surface area contributed by atoms with Crippen LogP contribution in [-0.4, -0.2) is 36.2 Å². The van der Waals surface area contributed by atoms with Gasteiger partial charge in [-0.2, -0.15) is 0 Å². The maximum absolute atomic E-state index is 13.5. The number of amides is 3. The minimum Gasteiger partial charge on any atom is -0.486 e. The molecule has 1 aliphatic heterocycles. The van der Waals surface area contributed by atoms with E-state index in [9.17, 15) is 18.8 Å².